The summed E-state index contributed by atoms with van der Waals surface area (Å²) in [7, 11) is 2.61. The largest absolute Gasteiger partial charge is 0.416 e. The molecule has 0 rings (SSSR count). The predicted molar refractivity (Wildman–Crippen MR) is 17.7 cm³/mol. The normalized spacial score (nSPS) is 8.40. The van der Waals surface area contributed by atoms with Crippen LogP contribution >= 0.6 is 0 Å². The van der Waals surface area contributed by atoms with Gasteiger partial charge in [-0.2, -0.15) is 0 Å². The Bertz CT molecular complexity index is 17.1. The monoisotopic (exact) mass is 91.0 g/mol. The van der Waals surface area contributed by atoms with E-state index in [1.165, 1.54) is 0 Å². The molecule has 5 heavy (non-hydrogen) atoms. The van der Waals surface area contributed by atoms with Crippen LogP contribution in [-0.2, 0) is 4.43 Å². The third-order valence-electron chi connectivity index (χ3n) is 0.179. The van der Waals surface area contributed by atoms with Gasteiger partial charge in [0.25, 0.3) is 0 Å². The van der Waals surface area contributed by atoms with Crippen molar-refractivity contribution < 1.29 is 8.82 Å². The lowest BCUT2D eigenvalue weighted by atomic mass is 10.9. The van der Waals surface area contributed by atoms with Crippen LogP contribution < -0.4 is 0 Å². The molecule has 0 saturated carbocycles. The molecule has 0 aromatic heterocycles. The Hall–Kier alpha value is 0.107. The molecule has 0 fully saturated rings. The highest BCUT2D eigenvalue weighted by atomic mass is 28.2. The molecule has 0 aliphatic heterocycles. The number of hydrogen-bond donors (Lipinski definition) is 0. The third kappa shape index (κ3) is 4.11. The summed E-state index contributed by atoms with van der Waals surface area (Å²) in [5, 5.41) is 0. The van der Waals surface area contributed by atoms with Crippen LogP contribution in [0.5, 0.6) is 0 Å². The van der Waals surface area contributed by atoms with Gasteiger partial charge in [-0.15, -0.1) is 0 Å². The Balaban J connectivity index is 2.19. The molecule has 0 aromatic carbocycles. The van der Waals surface area contributed by atoms with E-state index in [1.807, 2.05) is 0 Å². The van der Waals surface area contributed by atoms with E-state index in [1.54, 1.807) is 0 Å². The van der Waals surface area contributed by atoms with Crippen LogP contribution in [0, 0.1) is 0 Å². The maximum absolute atomic E-state index is 10.8. The summed E-state index contributed by atoms with van der Waals surface area (Å²) in [6.07, 6.45) is 0. The van der Waals surface area contributed by atoms with E-state index in [2.05, 4.69) is 14.9 Å². The van der Waals surface area contributed by atoms with Gasteiger partial charge in [0.2, 0.25) is 10.5 Å². The summed E-state index contributed by atoms with van der Waals surface area (Å²) < 4.78 is 15.0. The fourth-order valence-electron chi connectivity index (χ4n) is 0.0386. The minimum atomic E-state index is -0.427. The Morgan fingerprint density at radius 2 is 2.40 bits per heavy atom. The molecule has 3 radical (unpaired) electrons. The highest BCUT2D eigenvalue weighted by Crippen LogP contribution is 1.63. The molecule has 0 saturated heterocycles. The molecule has 0 aliphatic rings. The predicted octanol–water partition coefficient (Wildman–Crippen LogP) is 0.0560. The Morgan fingerprint density at radius 3 is 2.40 bits per heavy atom. The van der Waals surface area contributed by atoms with Gasteiger partial charge in [0.05, 0.1) is 6.61 Å². The molecule has 0 atom stereocenters. The molecule has 0 heterocycles. The quantitative estimate of drug-likeness (QED) is 0.436. The topological polar surface area (TPSA) is 9.23 Å². The van der Waals surface area contributed by atoms with Crippen molar-refractivity contribution in [3.63, 3.8) is 0 Å². The van der Waals surface area contributed by atoms with Gasteiger partial charge < -0.3 is 4.43 Å². The highest BCUT2D eigenvalue weighted by molar-refractivity contribution is 5.97. The van der Waals surface area contributed by atoms with Crippen LogP contribution in [0.1, 0.15) is 0 Å². The number of halogens is 1. The fraction of sp³-hybridized carbons (Fsp3) is 1.00. The molecule has 0 spiro atoms. The SMILES string of the molecule is FCCO[Si]. The van der Waals surface area contributed by atoms with Crippen LogP contribution in [0.4, 0.5) is 4.39 Å². The number of hydrogen-bond acceptors (Lipinski definition) is 1. The average Bonchev–Trinajstić information content (AvgIpc) is 1.41. The van der Waals surface area contributed by atoms with Crippen molar-refractivity contribution in [1.29, 1.82) is 0 Å². The molecular weight excluding hydrogens is 87.1 g/mol. The smallest absolute Gasteiger partial charge is 0.246 e. The molecular formula is C2H4FOSi. The minimum Gasteiger partial charge on any atom is -0.416 e. The van der Waals surface area contributed by atoms with E-state index >= 15 is 0 Å². The maximum atomic E-state index is 10.8. The zero-order valence-corrected chi connectivity index (χ0v) is 3.70. The second-order valence-electron chi connectivity index (χ2n) is 0.537. The Kier molecular flexibility index (Phi) is 4.19. The van der Waals surface area contributed by atoms with Crippen LogP contribution in [0.2, 0.25) is 0 Å². The van der Waals surface area contributed by atoms with Crippen molar-refractivity contribution in [1.82, 2.24) is 0 Å². The lowest BCUT2D eigenvalue weighted by molar-refractivity contribution is 0.295. The van der Waals surface area contributed by atoms with Crippen molar-refractivity contribution in [2.45, 2.75) is 0 Å². The Labute approximate surface area is 33.7 Å². The summed E-state index contributed by atoms with van der Waals surface area (Å²) in [5.41, 5.74) is 0. The molecule has 29 valence electrons. The van der Waals surface area contributed by atoms with Crippen LogP contribution in [0.3, 0.4) is 0 Å². The van der Waals surface area contributed by atoms with Crippen LogP contribution in [0.15, 0.2) is 0 Å². The van der Waals surface area contributed by atoms with Crippen molar-refractivity contribution in [3.8, 4) is 0 Å². The van der Waals surface area contributed by atoms with Crippen molar-refractivity contribution in [2.24, 2.45) is 0 Å². The van der Waals surface area contributed by atoms with Gasteiger partial charge in [0.15, 0.2) is 0 Å². The molecule has 0 aliphatic carbocycles. The van der Waals surface area contributed by atoms with E-state index in [0.717, 1.165) is 0 Å². The van der Waals surface area contributed by atoms with Crippen LogP contribution in [0.25, 0.3) is 0 Å². The summed E-state index contributed by atoms with van der Waals surface area (Å²) in [4.78, 5) is 0. The first-order valence-corrected chi connectivity index (χ1v) is 1.67. The molecule has 0 aromatic rings. The zero-order valence-electron chi connectivity index (χ0n) is 2.70. The first-order chi connectivity index (χ1) is 2.41. The van der Waals surface area contributed by atoms with Crippen molar-refractivity contribution >= 4 is 10.5 Å². The van der Waals surface area contributed by atoms with E-state index in [9.17, 15) is 4.39 Å². The lowest BCUT2D eigenvalue weighted by Gasteiger charge is -1.81. The molecule has 1 nitrogen and oxygen atoms in total. The molecule has 0 amide bonds. The zero-order chi connectivity index (χ0) is 4.12. The van der Waals surface area contributed by atoms with Gasteiger partial charge in [-0.1, -0.05) is 0 Å². The van der Waals surface area contributed by atoms with E-state index < -0.39 is 6.67 Å². The van der Waals surface area contributed by atoms with Crippen molar-refractivity contribution in [3.05, 3.63) is 0 Å². The summed E-state index contributed by atoms with van der Waals surface area (Å²) >= 11 is 0. The highest BCUT2D eigenvalue weighted by Gasteiger charge is 1.70. The fourth-order valence-corrected chi connectivity index (χ4v) is 0.116. The second-order valence-corrected chi connectivity index (χ2v) is 0.826. The molecule has 0 bridgehead atoms. The summed E-state index contributed by atoms with van der Waals surface area (Å²) in [6, 6.07) is 0. The molecule has 0 unspecified atom stereocenters. The van der Waals surface area contributed by atoms with E-state index in [0.29, 0.717) is 0 Å². The van der Waals surface area contributed by atoms with Gasteiger partial charge in [-0.3, -0.25) is 0 Å². The minimum absolute atomic E-state index is 0.136. The first kappa shape index (κ1) is 5.11. The van der Waals surface area contributed by atoms with Gasteiger partial charge in [-0.05, 0) is 0 Å². The second kappa shape index (κ2) is 4.11. The van der Waals surface area contributed by atoms with Gasteiger partial charge in [0.1, 0.15) is 6.67 Å². The Morgan fingerprint density at radius 1 is 1.80 bits per heavy atom. The average molecular weight is 91.1 g/mol. The first-order valence-electron chi connectivity index (χ1n) is 1.26. The van der Waals surface area contributed by atoms with Gasteiger partial charge in [-0.25, -0.2) is 4.39 Å². The van der Waals surface area contributed by atoms with Gasteiger partial charge >= 0.3 is 0 Å². The van der Waals surface area contributed by atoms with Crippen molar-refractivity contribution in [2.75, 3.05) is 13.3 Å². The summed E-state index contributed by atoms with van der Waals surface area (Å²) in [5.74, 6) is 0. The molecule has 3 heteroatoms. The number of alkyl halides is 1. The molecule has 0 N–H and O–H groups in total. The lowest BCUT2D eigenvalue weighted by Crippen LogP contribution is -1.88. The standard InChI is InChI=1S/C2H4FOSi/c3-1-2-4-5/h1-2H2. The number of rotatable bonds is 2. The van der Waals surface area contributed by atoms with E-state index in [-0.39, 0.29) is 6.61 Å². The maximum Gasteiger partial charge on any atom is 0.246 e. The van der Waals surface area contributed by atoms with Crippen LogP contribution in [-0.4, -0.2) is 23.8 Å². The van der Waals surface area contributed by atoms with E-state index in [4.69, 9.17) is 0 Å². The summed E-state index contributed by atoms with van der Waals surface area (Å²) in [6.45, 7) is -0.291. The van der Waals surface area contributed by atoms with Gasteiger partial charge in [0, 0.05) is 0 Å². The third-order valence-corrected chi connectivity index (χ3v) is 0.383.